The molecule has 0 radical (unpaired) electrons. The van der Waals surface area contributed by atoms with Crippen molar-refractivity contribution in [2.24, 2.45) is 0 Å². The maximum atomic E-state index is 12.9. The molecule has 1 atom stereocenters. The largest absolute Gasteiger partial charge is 0.453 e. The van der Waals surface area contributed by atoms with Crippen LogP contribution in [0.15, 0.2) is 59.4 Å². The highest BCUT2D eigenvalue weighted by molar-refractivity contribution is 5.91. The van der Waals surface area contributed by atoms with Crippen LogP contribution in [0.1, 0.15) is 29.1 Å². The second-order valence-electron chi connectivity index (χ2n) is 5.19. The van der Waals surface area contributed by atoms with Crippen LogP contribution in [0.3, 0.4) is 0 Å². The second kappa shape index (κ2) is 6.04. The van der Waals surface area contributed by atoms with Gasteiger partial charge in [-0.3, -0.25) is 4.79 Å². The number of para-hydroxylation sites is 1. The number of esters is 1. The summed E-state index contributed by atoms with van der Waals surface area (Å²) in [6.45, 7) is 1.68. The summed E-state index contributed by atoms with van der Waals surface area (Å²) >= 11 is 0. The second-order valence-corrected chi connectivity index (χ2v) is 5.19. The molecule has 4 nitrogen and oxygen atoms in total. The number of aromatic nitrogens is 1. The van der Waals surface area contributed by atoms with Crippen molar-refractivity contribution in [2.75, 3.05) is 0 Å². The summed E-state index contributed by atoms with van der Waals surface area (Å²) in [6.07, 6.45) is -0.557. The number of ether oxygens (including phenoxy) is 1. The monoisotopic (exact) mass is 311 g/mol. The number of hydrogen-bond donors (Lipinski definition) is 1. The average Bonchev–Trinajstić information content (AvgIpc) is 2.55. The van der Waals surface area contributed by atoms with E-state index in [4.69, 9.17) is 4.74 Å². The Kier molecular flexibility index (Phi) is 3.93. The van der Waals surface area contributed by atoms with Crippen molar-refractivity contribution >= 4 is 16.9 Å². The molecule has 1 heterocycles. The number of carbonyl (C=O) groups excluding carboxylic acids is 1. The molecule has 0 aliphatic heterocycles. The molecule has 0 fully saturated rings. The first-order valence-electron chi connectivity index (χ1n) is 7.13. The first-order chi connectivity index (χ1) is 11.0. The number of benzene rings is 2. The van der Waals surface area contributed by atoms with Crippen molar-refractivity contribution in [2.45, 2.75) is 13.0 Å². The van der Waals surface area contributed by atoms with Crippen LogP contribution in [0.5, 0.6) is 0 Å². The summed E-state index contributed by atoms with van der Waals surface area (Å²) < 4.78 is 18.3. The van der Waals surface area contributed by atoms with Crippen molar-refractivity contribution in [3.05, 3.63) is 81.9 Å². The smallest absolute Gasteiger partial charge is 0.355 e. The third-order valence-electron chi connectivity index (χ3n) is 3.58. The highest BCUT2D eigenvalue weighted by Crippen LogP contribution is 2.19. The number of nitrogens with one attached hydrogen (secondary N) is 1. The van der Waals surface area contributed by atoms with Crippen molar-refractivity contribution in [3.63, 3.8) is 0 Å². The molecule has 23 heavy (non-hydrogen) atoms. The Labute approximate surface area is 131 Å². The minimum atomic E-state index is -0.635. The summed E-state index contributed by atoms with van der Waals surface area (Å²) in [7, 11) is 0. The van der Waals surface area contributed by atoms with Gasteiger partial charge in [-0.15, -0.1) is 0 Å². The van der Waals surface area contributed by atoms with E-state index in [1.165, 1.54) is 18.2 Å². The highest BCUT2D eigenvalue weighted by Gasteiger charge is 2.15. The van der Waals surface area contributed by atoms with Crippen LogP contribution < -0.4 is 5.43 Å². The van der Waals surface area contributed by atoms with E-state index >= 15 is 0 Å². The maximum absolute atomic E-state index is 12.9. The van der Waals surface area contributed by atoms with Crippen LogP contribution in [-0.4, -0.2) is 11.0 Å². The van der Waals surface area contributed by atoms with Gasteiger partial charge in [-0.25, -0.2) is 9.18 Å². The highest BCUT2D eigenvalue weighted by atomic mass is 19.1. The zero-order chi connectivity index (χ0) is 16.4. The SMILES string of the molecule is C[C@@H](OC(=O)c1cc(=O)c2ccccc2[nH]1)c1ccc(F)cc1. The predicted molar refractivity (Wildman–Crippen MR) is 84.8 cm³/mol. The van der Waals surface area contributed by atoms with E-state index in [0.29, 0.717) is 16.5 Å². The molecule has 3 rings (SSSR count). The van der Waals surface area contributed by atoms with Gasteiger partial charge in [0.15, 0.2) is 5.43 Å². The number of pyridine rings is 1. The molecular formula is C18H14FNO3. The maximum Gasteiger partial charge on any atom is 0.355 e. The lowest BCUT2D eigenvalue weighted by atomic mass is 10.1. The van der Waals surface area contributed by atoms with Crippen molar-refractivity contribution in [1.82, 2.24) is 4.98 Å². The molecule has 0 bridgehead atoms. The number of halogens is 1. The lowest BCUT2D eigenvalue weighted by Gasteiger charge is -2.13. The average molecular weight is 311 g/mol. The van der Waals surface area contributed by atoms with Gasteiger partial charge in [0.25, 0.3) is 0 Å². The topological polar surface area (TPSA) is 59.2 Å². The molecule has 0 saturated carbocycles. The lowest BCUT2D eigenvalue weighted by molar-refractivity contribution is 0.0331. The van der Waals surface area contributed by atoms with Gasteiger partial charge in [0, 0.05) is 17.0 Å². The molecule has 0 saturated heterocycles. The van der Waals surface area contributed by atoms with Crippen LogP contribution in [0.2, 0.25) is 0 Å². The summed E-state index contributed by atoms with van der Waals surface area (Å²) in [4.78, 5) is 27.2. The van der Waals surface area contributed by atoms with Crippen LogP contribution in [0, 0.1) is 5.82 Å². The third kappa shape index (κ3) is 3.13. The fourth-order valence-corrected chi connectivity index (χ4v) is 2.33. The Bertz CT molecular complexity index is 915. The summed E-state index contributed by atoms with van der Waals surface area (Å²) in [5, 5.41) is 0.510. The van der Waals surface area contributed by atoms with E-state index in [1.54, 1.807) is 43.3 Å². The van der Waals surface area contributed by atoms with E-state index in [0.717, 1.165) is 0 Å². The Morgan fingerprint density at radius 1 is 1.13 bits per heavy atom. The molecule has 116 valence electrons. The Morgan fingerprint density at radius 3 is 2.57 bits per heavy atom. The van der Waals surface area contributed by atoms with Gasteiger partial charge in [-0.1, -0.05) is 24.3 Å². The molecule has 5 heteroatoms. The molecule has 1 aromatic heterocycles. The molecule has 0 aliphatic carbocycles. The van der Waals surface area contributed by atoms with Gasteiger partial charge in [-0.2, -0.15) is 0 Å². The quantitative estimate of drug-likeness (QED) is 0.752. The van der Waals surface area contributed by atoms with Crippen LogP contribution in [0.25, 0.3) is 10.9 Å². The molecule has 0 unspecified atom stereocenters. The van der Waals surface area contributed by atoms with Gasteiger partial charge in [-0.05, 0) is 36.8 Å². The van der Waals surface area contributed by atoms with Gasteiger partial charge in [0.05, 0.1) is 0 Å². The summed E-state index contributed by atoms with van der Waals surface area (Å²) in [5.74, 6) is -0.990. The first-order valence-corrected chi connectivity index (χ1v) is 7.13. The Hall–Kier alpha value is -2.95. The number of fused-ring (bicyclic) bond motifs is 1. The molecule has 0 amide bonds. The summed E-state index contributed by atoms with van der Waals surface area (Å²) in [6, 6.07) is 13.9. The van der Waals surface area contributed by atoms with E-state index in [-0.39, 0.29) is 16.9 Å². The number of rotatable bonds is 3. The zero-order valence-electron chi connectivity index (χ0n) is 12.4. The van der Waals surface area contributed by atoms with Crippen LogP contribution in [0.4, 0.5) is 4.39 Å². The van der Waals surface area contributed by atoms with Crippen molar-refractivity contribution in [3.8, 4) is 0 Å². The van der Waals surface area contributed by atoms with E-state index in [1.807, 2.05) is 0 Å². The molecule has 0 aliphatic rings. The number of carbonyl (C=O) groups is 1. The molecule has 3 aromatic rings. The molecule has 0 spiro atoms. The zero-order valence-corrected chi connectivity index (χ0v) is 12.4. The molecule has 2 aromatic carbocycles. The summed E-state index contributed by atoms with van der Waals surface area (Å²) in [5.41, 5.74) is 1.08. The van der Waals surface area contributed by atoms with Crippen molar-refractivity contribution < 1.29 is 13.9 Å². The van der Waals surface area contributed by atoms with Crippen LogP contribution >= 0.6 is 0 Å². The van der Waals surface area contributed by atoms with E-state index in [2.05, 4.69) is 4.98 Å². The number of H-pyrrole nitrogens is 1. The normalized spacial score (nSPS) is 12.1. The fourth-order valence-electron chi connectivity index (χ4n) is 2.33. The van der Waals surface area contributed by atoms with E-state index < -0.39 is 12.1 Å². The Balaban J connectivity index is 1.85. The number of aromatic amines is 1. The van der Waals surface area contributed by atoms with E-state index in [9.17, 15) is 14.0 Å². The minimum absolute atomic E-state index is 0.0858. The third-order valence-corrected chi connectivity index (χ3v) is 3.58. The van der Waals surface area contributed by atoms with Crippen molar-refractivity contribution in [1.29, 1.82) is 0 Å². The van der Waals surface area contributed by atoms with Gasteiger partial charge >= 0.3 is 5.97 Å². The molecule has 1 N–H and O–H groups in total. The van der Waals surface area contributed by atoms with Crippen LogP contribution in [-0.2, 0) is 4.74 Å². The molecular weight excluding hydrogens is 297 g/mol. The fraction of sp³-hybridized carbons (Fsp3) is 0.111. The minimum Gasteiger partial charge on any atom is -0.453 e. The number of hydrogen-bond acceptors (Lipinski definition) is 3. The van der Waals surface area contributed by atoms with Gasteiger partial charge in [0.2, 0.25) is 0 Å². The Morgan fingerprint density at radius 2 is 1.83 bits per heavy atom. The first kappa shape index (κ1) is 15.0. The predicted octanol–water partition coefficient (Wildman–Crippen LogP) is 3.59. The standard InChI is InChI=1S/C18H14FNO3/c1-11(12-6-8-13(19)9-7-12)23-18(22)16-10-17(21)14-4-2-3-5-15(14)20-16/h2-11H,1H3,(H,20,21)/t11-/m1/s1. The van der Waals surface area contributed by atoms with Gasteiger partial charge in [0.1, 0.15) is 17.6 Å². The van der Waals surface area contributed by atoms with Gasteiger partial charge < -0.3 is 9.72 Å². The lowest BCUT2D eigenvalue weighted by Crippen LogP contribution is -2.14.